The molecule has 0 saturated heterocycles. The highest BCUT2D eigenvalue weighted by atomic mass is 79.9. The van der Waals surface area contributed by atoms with Gasteiger partial charge in [0.05, 0.1) is 16.4 Å². The topological polar surface area (TPSA) is 101 Å². The fourth-order valence-electron chi connectivity index (χ4n) is 3.54. The lowest BCUT2D eigenvalue weighted by molar-refractivity contribution is -0.390. The van der Waals surface area contributed by atoms with Crippen LogP contribution in [0.2, 0.25) is 0 Å². The molecule has 1 aromatic carbocycles. The van der Waals surface area contributed by atoms with Crippen molar-refractivity contribution in [1.82, 2.24) is 24.5 Å². The normalized spacial score (nSPS) is 12.0. The molecule has 0 bridgehead atoms. The second-order valence-corrected chi connectivity index (χ2v) is 9.18. The molecular formula is C22H19Br2FN6O3. The van der Waals surface area contributed by atoms with Crippen LogP contribution in [0.25, 0.3) is 5.69 Å². The lowest BCUT2D eigenvalue weighted by atomic mass is 10.1. The van der Waals surface area contributed by atoms with Crippen molar-refractivity contribution in [2.45, 2.75) is 32.9 Å². The molecule has 1 atom stereocenters. The molecule has 0 spiro atoms. The Kier molecular flexibility index (Phi) is 7.08. The molecule has 0 amide bonds. The first-order chi connectivity index (χ1) is 16.2. The van der Waals surface area contributed by atoms with E-state index in [1.165, 1.54) is 24.4 Å². The first kappa shape index (κ1) is 24.0. The number of nitrogens with zero attached hydrogens (tertiary/aromatic N) is 6. The standard InChI is InChI=1S/C22H19Br2FN6O3/c1-3-29-12-14(10-27-29)6-17-9-21(24)28-30(17)19-5-4-16(25)8-18(19)13(2)34-20-7-15(23)11-26-22(20)31(32)33/h4-5,7-13H,3,6H2,1-2H3. The maximum absolute atomic E-state index is 14.3. The summed E-state index contributed by atoms with van der Waals surface area (Å²) in [5, 5.41) is 20.3. The molecule has 3 heterocycles. The van der Waals surface area contributed by atoms with Crippen LogP contribution >= 0.6 is 31.9 Å². The minimum Gasteiger partial charge on any atom is -0.478 e. The molecule has 0 N–H and O–H groups in total. The zero-order valence-corrected chi connectivity index (χ0v) is 21.3. The van der Waals surface area contributed by atoms with Gasteiger partial charge in [0.15, 0.2) is 6.20 Å². The largest absolute Gasteiger partial charge is 0.478 e. The number of halogens is 3. The summed E-state index contributed by atoms with van der Waals surface area (Å²) in [5.41, 5.74) is 2.90. The van der Waals surface area contributed by atoms with Crippen LogP contribution in [0.5, 0.6) is 5.75 Å². The summed E-state index contributed by atoms with van der Waals surface area (Å²) in [5.74, 6) is -0.924. The maximum atomic E-state index is 14.3. The number of hydrogen-bond acceptors (Lipinski definition) is 6. The number of benzene rings is 1. The lowest BCUT2D eigenvalue weighted by Gasteiger charge is -2.19. The van der Waals surface area contributed by atoms with Gasteiger partial charge in [0, 0.05) is 36.5 Å². The van der Waals surface area contributed by atoms with E-state index in [9.17, 15) is 14.5 Å². The van der Waals surface area contributed by atoms with Gasteiger partial charge in [-0.15, -0.1) is 0 Å². The van der Waals surface area contributed by atoms with Crippen molar-refractivity contribution < 1.29 is 14.1 Å². The molecule has 0 fully saturated rings. The van der Waals surface area contributed by atoms with E-state index in [1.807, 2.05) is 23.9 Å². The summed E-state index contributed by atoms with van der Waals surface area (Å²) in [4.78, 5) is 14.6. The molecule has 3 aromatic heterocycles. The molecule has 1 unspecified atom stereocenters. The lowest BCUT2D eigenvalue weighted by Crippen LogP contribution is -2.12. The summed E-state index contributed by atoms with van der Waals surface area (Å²) in [6, 6.07) is 7.62. The number of ether oxygens (including phenoxy) is 1. The summed E-state index contributed by atoms with van der Waals surface area (Å²) < 4.78 is 24.9. The first-order valence-corrected chi connectivity index (χ1v) is 11.9. The van der Waals surface area contributed by atoms with Crippen molar-refractivity contribution in [2.75, 3.05) is 0 Å². The summed E-state index contributed by atoms with van der Waals surface area (Å²) in [7, 11) is 0. The molecule has 176 valence electrons. The SMILES string of the molecule is CCn1cc(Cc2cc(Br)nn2-c2ccc(F)cc2C(C)Oc2cc(Br)cnc2[N+](=O)[O-])cn1. The number of rotatable bonds is 8. The highest BCUT2D eigenvalue weighted by Crippen LogP contribution is 2.34. The van der Waals surface area contributed by atoms with Gasteiger partial charge in [-0.05, 0) is 85.4 Å². The molecule has 0 aliphatic heterocycles. The molecule has 9 nitrogen and oxygen atoms in total. The highest BCUT2D eigenvalue weighted by molar-refractivity contribution is 9.10. The summed E-state index contributed by atoms with van der Waals surface area (Å²) >= 11 is 6.68. The van der Waals surface area contributed by atoms with Crippen LogP contribution in [-0.4, -0.2) is 29.5 Å². The Morgan fingerprint density at radius 3 is 2.74 bits per heavy atom. The second kappa shape index (κ2) is 10.0. The van der Waals surface area contributed by atoms with E-state index in [0.29, 0.717) is 26.7 Å². The second-order valence-electron chi connectivity index (χ2n) is 7.45. The average molecular weight is 594 g/mol. The first-order valence-electron chi connectivity index (χ1n) is 10.3. The molecule has 12 heteroatoms. The van der Waals surface area contributed by atoms with E-state index < -0.39 is 22.7 Å². The minimum atomic E-state index is -0.751. The third-order valence-corrected chi connectivity index (χ3v) is 5.90. The number of pyridine rings is 1. The van der Waals surface area contributed by atoms with Crippen molar-refractivity contribution in [3.05, 3.63) is 90.8 Å². The number of nitro groups is 1. The van der Waals surface area contributed by atoms with Gasteiger partial charge in [0.1, 0.15) is 16.5 Å². The van der Waals surface area contributed by atoms with Gasteiger partial charge in [0.25, 0.3) is 0 Å². The van der Waals surface area contributed by atoms with E-state index in [4.69, 9.17) is 4.74 Å². The molecule has 0 aliphatic carbocycles. The fraction of sp³-hybridized carbons (Fsp3) is 0.227. The number of aromatic nitrogens is 5. The van der Waals surface area contributed by atoms with Gasteiger partial charge >= 0.3 is 5.82 Å². The van der Waals surface area contributed by atoms with Crippen LogP contribution in [-0.2, 0) is 13.0 Å². The predicted molar refractivity (Wildman–Crippen MR) is 130 cm³/mol. The zero-order valence-electron chi connectivity index (χ0n) is 18.2. The number of aryl methyl sites for hydroxylation is 1. The molecule has 0 radical (unpaired) electrons. The minimum absolute atomic E-state index is 0.0315. The van der Waals surface area contributed by atoms with Gasteiger partial charge in [-0.25, -0.2) is 9.07 Å². The molecule has 4 aromatic rings. The predicted octanol–water partition coefficient (Wildman–Crippen LogP) is 5.79. The fourth-order valence-corrected chi connectivity index (χ4v) is 4.27. The summed E-state index contributed by atoms with van der Waals surface area (Å²) in [6.07, 6.45) is 4.87. The van der Waals surface area contributed by atoms with Crippen LogP contribution in [0.1, 0.15) is 36.8 Å². The van der Waals surface area contributed by atoms with E-state index in [-0.39, 0.29) is 5.75 Å². The van der Waals surface area contributed by atoms with E-state index in [2.05, 4.69) is 47.0 Å². The van der Waals surface area contributed by atoms with Gasteiger partial charge in [-0.2, -0.15) is 10.2 Å². The zero-order chi connectivity index (χ0) is 24.4. The van der Waals surface area contributed by atoms with Crippen LogP contribution in [0, 0.1) is 15.9 Å². The third-order valence-electron chi connectivity index (χ3n) is 5.08. The van der Waals surface area contributed by atoms with E-state index >= 15 is 0 Å². The van der Waals surface area contributed by atoms with Crippen molar-refractivity contribution in [1.29, 1.82) is 0 Å². The van der Waals surface area contributed by atoms with Crippen molar-refractivity contribution >= 4 is 37.7 Å². The van der Waals surface area contributed by atoms with E-state index in [0.717, 1.165) is 17.8 Å². The Morgan fingerprint density at radius 1 is 1.24 bits per heavy atom. The molecule has 0 aliphatic rings. The van der Waals surface area contributed by atoms with Crippen molar-refractivity contribution in [3.63, 3.8) is 0 Å². The quantitative estimate of drug-likeness (QED) is 0.189. The van der Waals surface area contributed by atoms with Crippen LogP contribution in [0.15, 0.2) is 58.0 Å². The van der Waals surface area contributed by atoms with Crippen LogP contribution in [0.3, 0.4) is 0 Å². The van der Waals surface area contributed by atoms with Crippen LogP contribution in [0.4, 0.5) is 10.2 Å². The maximum Gasteiger partial charge on any atom is 0.406 e. The molecule has 34 heavy (non-hydrogen) atoms. The van der Waals surface area contributed by atoms with Crippen molar-refractivity contribution in [2.24, 2.45) is 0 Å². The van der Waals surface area contributed by atoms with Gasteiger partial charge in [0.2, 0.25) is 5.75 Å². The van der Waals surface area contributed by atoms with Gasteiger partial charge in [-0.1, -0.05) is 0 Å². The Bertz CT molecular complexity index is 1360. The summed E-state index contributed by atoms with van der Waals surface area (Å²) in [6.45, 7) is 4.46. The Hall–Kier alpha value is -3.12. The molecule has 4 rings (SSSR count). The third kappa shape index (κ3) is 5.17. The van der Waals surface area contributed by atoms with Gasteiger partial charge in [-0.3, -0.25) is 4.68 Å². The monoisotopic (exact) mass is 592 g/mol. The van der Waals surface area contributed by atoms with Crippen LogP contribution < -0.4 is 4.74 Å². The van der Waals surface area contributed by atoms with E-state index in [1.54, 1.807) is 23.9 Å². The Balaban J connectivity index is 1.73. The average Bonchev–Trinajstić information content (AvgIpc) is 3.39. The Morgan fingerprint density at radius 2 is 2.03 bits per heavy atom. The number of hydrogen-bond donors (Lipinski definition) is 0. The highest BCUT2D eigenvalue weighted by Gasteiger charge is 2.23. The Labute approximate surface area is 211 Å². The smallest absolute Gasteiger partial charge is 0.406 e. The molecule has 0 saturated carbocycles. The van der Waals surface area contributed by atoms with Gasteiger partial charge < -0.3 is 14.9 Å². The van der Waals surface area contributed by atoms with Crippen molar-refractivity contribution in [3.8, 4) is 11.4 Å². The molecular weight excluding hydrogens is 575 g/mol.